The van der Waals surface area contributed by atoms with Crippen molar-refractivity contribution in [2.24, 2.45) is 11.1 Å². The van der Waals surface area contributed by atoms with E-state index in [-0.39, 0.29) is 17.2 Å². The van der Waals surface area contributed by atoms with Gasteiger partial charge in [0.15, 0.2) is 0 Å². The second-order valence-corrected chi connectivity index (χ2v) is 6.68. The standard InChI is InChI=1S/C14H27N3O2/c1-13(2,10-15)7-5-6-8-17-9-11(18)16-12(19)14(17,3)4/h5-10,15H2,1-4H3,(H,16,18,19). The molecule has 1 heterocycles. The molecule has 2 amide bonds. The molecule has 3 N–H and O–H groups in total. The van der Waals surface area contributed by atoms with Crippen molar-refractivity contribution in [3.05, 3.63) is 0 Å². The first-order valence-electron chi connectivity index (χ1n) is 6.98. The van der Waals surface area contributed by atoms with Crippen molar-refractivity contribution in [1.29, 1.82) is 0 Å². The second-order valence-electron chi connectivity index (χ2n) is 6.68. The SMILES string of the molecule is CC(C)(CN)CCCCN1CC(=O)NC(=O)C1(C)C. The molecule has 1 aliphatic rings. The highest BCUT2D eigenvalue weighted by molar-refractivity contribution is 6.02. The zero-order valence-corrected chi connectivity index (χ0v) is 12.6. The van der Waals surface area contributed by atoms with E-state index < -0.39 is 5.54 Å². The largest absolute Gasteiger partial charge is 0.330 e. The molecular formula is C14H27N3O2. The summed E-state index contributed by atoms with van der Waals surface area (Å²) in [6.07, 6.45) is 3.11. The molecular weight excluding hydrogens is 242 g/mol. The monoisotopic (exact) mass is 269 g/mol. The molecule has 5 nitrogen and oxygen atoms in total. The minimum absolute atomic E-state index is 0.171. The van der Waals surface area contributed by atoms with Gasteiger partial charge in [0.25, 0.3) is 0 Å². The molecule has 0 saturated carbocycles. The van der Waals surface area contributed by atoms with E-state index in [1.165, 1.54) is 0 Å². The van der Waals surface area contributed by atoms with E-state index in [0.29, 0.717) is 13.1 Å². The van der Waals surface area contributed by atoms with Gasteiger partial charge in [-0.15, -0.1) is 0 Å². The first kappa shape index (κ1) is 16.1. The number of amides is 2. The number of carbonyl (C=O) groups excluding carboxylic acids is 2. The Morgan fingerprint density at radius 2 is 1.95 bits per heavy atom. The average molecular weight is 269 g/mol. The van der Waals surface area contributed by atoms with Crippen LogP contribution in [0.3, 0.4) is 0 Å². The summed E-state index contributed by atoms with van der Waals surface area (Å²) >= 11 is 0. The van der Waals surface area contributed by atoms with Crippen LogP contribution in [-0.4, -0.2) is 41.9 Å². The predicted molar refractivity (Wildman–Crippen MR) is 75.5 cm³/mol. The number of unbranched alkanes of at least 4 members (excludes halogenated alkanes) is 1. The minimum Gasteiger partial charge on any atom is -0.330 e. The van der Waals surface area contributed by atoms with Gasteiger partial charge in [-0.1, -0.05) is 20.3 Å². The number of hydrogen-bond donors (Lipinski definition) is 2. The fraction of sp³-hybridized carbons (Fsp3) is 0.857. The Bertz CT molecular complexity index is 351. The van der Waals surface area contributed by atoms with Crippen LogP contribution in [0.15, 0.2) is 0 Å². The Labute approximate surface area is 115 Å². The third kappa shape index (κ3) is 4.28. The molecule has 0 bridgehead atoms. The number of hydrogen-bond acceptors (Lipinski definition) is 4. The lowest BCUT2D eigenvalue weighted by molar-refractivity contribution is -0.145. The molecule has 110 valence electrons. The van der Waals surface area contributed by atoms with E-state index in [2.05, 4.69) is 19.2 Å². The first-order valence-corrected chi connectivity index (χ1v) is 6.98. The lowest BCUT2D eigenvalue weighted by Crippen LogP contribution is -2.64. The van der Waals surface area contributed by atoms with Crippen LogP contribution in [0.4, 0.5) is 0 Å². The van der Waals surface area contributed by atoms with E-state index in [0.717, 1.165) is 25.8 Å². The summed E-state index contributed by atoms with van der Waals surface area (Å²) in [6.45, 7) is 9.80. The summed E-state index contributed by atoms with van der Waals surface area (Å²) in [5, 5.41) is 2.39. The van der Waals surface area contributed by atoms with Gasteiger partial charge in [-0.25, -0.2) is 0 Å². The highest BCUT2D eigenvalue weighted by atomic mass is 16.2. The summed E-state index contributed by atoms with van der Waals surface area (Å²) in [7, 11) is 0. The lowest BCUT2D eigenvalue weighted by Gasteiger charge is -2.40. The number of imide groups is 1. The smallest absolute Gasteiger partial charge is 0.246 e. The zero-order chi connectivity index (χ0) is 14.7. The molecule has 0 aromatic rings. The van der Waals surface area contributed by atoms with Gasteiger partial charge in [-0.2, -0.15) is 0 Å². The summed E-state index contributed by atoms with van der Waals surface area (Å²) in [5.41, 5.74) is 5.27. The Morgan fingerprint density at radius 3 is 2.53 bits per heavy atom. The van der Waals surface area contributed by atoms with Gasteiger partial charge in [0.1, 0.15) is 0 Å². The molecule has 0 spiro atoms. The molecule has 0 aliphatic carbocycles. The molecule has 0 aromatic heterocycles. The van der Waals surface area contributed by atoms with Crippen molar-refractivity contribution in [2.75, 3.05) is 19.6 Å². The average Bonchev–Trinajstić information content (AvgIpc) is 2.31. The quantitative estimate of drug-likeness (QED) is 0.554. The number of nitrogens with one attached hydrogen (secondary N) is 1. The van der Waals surface area contributed by atoms with E-state index in [1.807, 2.05) is 18.7 Å². The third-order valence-electron chi connectivity index (χ3n) is 4.02. The second kappa shape index (κ2) is 6.01. The van der Waals surface area contributed by atoms with Crippen molar-refractivity contribution < 1.29 is 9.59 Å². The fourth-order valence-corrected chi connectivity index (χ4v) is 2.20. The van der Waals surface area contributed by atoms with E-state index in [9.17, 15) is 9.59 Å². The molecule has 1 rings (SSSR count). The van der Waals surface area contributed by atoms with Crippen molar-refractivity contribution in [2.45, 2.75) is 52.5 Å². The summed E-state index contributed by atoms with van der Waals surface area (Å²) in [6, 6.07) is 0. The van der Waals surface area contributed by atoms with Crippen LogP contribution >= 0.6 is 0 Å². The summed E-state index contributed by atoms with van der Waals surface area (Å²) < 4.78 is 0. The van der Waals surface area contributed by atoms with Gasteiger partial charge in [-0.3, -0.25) is 19.8 Å². The maximum Gasteiger partial charge on any atom is 0.246 e. The van der Waals surface area contributed by atoms with Gasteiger partial charge in [0.2, 0.25) is 11.8 Å². The van der Waals surface area contributed by atoms with Gasteiger partial charge in [0.05, 0.1) is 12.1 Å². The molecule has 1 fully saturated rings. The molecule has 19 heavy (non-hydrogen) atoms. The van der Waals surface area contributed by atoms with Gasteiger partial charge in [0, 0.05) is 0 Å². The lowest BCUT2D eigenvalue weighted by atomic mass is 9.87. The van der Waals surface area contributed by atoms with Crippen LogP contribution in [0.5, 0.6) is 0 Å². The molecule has 0 atom stereocenters. The van der Waals surface area contributed by atoms with Gasteiger partial charge in [-0.05, 0) is 45.2 Å². The van der Waals surface area contributed by atoms with E-state index in [4.69, 9.17) is 5.73 Å². The number of nitrogens with two attached hydrogens (primary N) is 1. The minimum atomic E-state index is -0.600. The Hall–Kier alpha value is -0.940. The van der Waals surface area contributed by atoms with E-state index in [1.54, 1.807) is 0 Å². The highest BCUT2D eigenvalue weighted by Gasteiger charge is 2.40. The molecule has 5 heteroatoms. The topological polar surface area (TPSA) is 75.4 Å². The van der Waals surface area contributed by atoms with Crippen LogP contribution in [0.1, 0.15) is 47.0 Å². The van der Waals surface area contributed by atoms with Crippen LogP contribution in [0.25, 0.3) is 0 Å². The Balaban J connectivity index is 2.43. The summed E-state index contributed by atoms with van der Waals surface area (Å²) in [5.74, 6) is -0.405. The van der Waals surface area contributed by atoms with Crippen molar-refractivity contribution in [3.8, 4) is 0 Å². The summed E-state index contributed by atoms with van der Waals surface area (Å²) in [4.78, 5) is 25.2. The predicted octanol–water partition coefficient (Wildman–Crippen LogP) is 0.879. The number of nitrogens with zero attached hydrogens (tertiary/aromatic N) is 1. The molecule has 0 radical (unpaired) electrons. The van der Waals surface area contributed by atoms with Crippen LogP contribution in [0, 0.1) is 5.41 Å². The van der Waals surface area contributed by atoms with Crippen LogP contribution in [-0.2, 0) is 9.59 Å². The molecule has 0 aromatic carbocycles. The van der Waals surface area contributed by atoms with Crippen molar-refractivity contribution in [1.82, 2.24) is 10.2 Å². The molecule has 1 aliphatic heterocycles. The third-order valence-corrected chi connectivity index (χ3v) is 4.02. The first-order chi connectivity index (χ1) is 8.69. The van der Waals surface area contributed by atoms with Gasteiger partial charge >= 0.3 is 0 Å². The Kier molecular flexibility index (Phi) is 5.10. The molecule has 1 saturated heterocycles. The number of rotatable bonds is 6. The van der Waals surface area contributed by atoms with Crippen LogP contribution < -0.4 is 11.1 Å². The maximum absolute atomic E-state index is 11.8. The van der Waals surface area contributed by atoms with Crippen molar-refractivity contribution >= 4 is 11.8 Å². The number of carbonyl (C=O) groups is 2. The van der Waals surface area contributed by atoms with Crippen molar-refractivity contribution in [3.63, 3.8) is 0 Å². The zero-order valence-electron chi connectivity index (χ0n) is 12.6. The Morgan fingerprint density at radius 1 is 1.32 bits per heavy atom. The molecule has 0 unspecified atom stereocenters. The van der Waals surface area contributed by atoms with Gasteiger partial charge < -0.3 is 5.73 Å². The number of piperazine rings is 1. The van der Waals surface area contributed by atoms with Crippen LogP contribution in [0.2, 0.25) is 0 Å². The highest BCUT2D eigenvalue weighted by Crippen LogP contribution is 2.23. The normalized spacial score (nSPS) is 20.5. The van der Waals surface area contributed by atoms with E-state index >= 15 is 0 Å². The maximum atomic E-state index is 11.8. The fourth-order valence-electron chi connectivity index (χ4n) is 2.20.